The van der Waals surface area contributed by atoms with Crippen molar-refractivity contribution < 1.29 is 8.42 Å². The van der Waals surface area contributed by atoms with Gasteiger partial charge in [-0.15, -0.1) is 0 Å². The van der Waals surface area contributed by atoms with Crippen LogP contribution in [-0.4, -0.2) is 27.0 Å². The molecule has 1 N–H and O–H groups in total. The Bertz CT molecular complexity index is 466. The minimum absolute atomic E-state index is 0.0817. The first-order valence-corrected chi connectivity index (χ1v) is 8.57. The smallest absolute Gasteiger partial charge is 0.149 e. The predicted octanol–water partition coefficient (Wildman–Crippen LogP) is 2.16. The van der Waals surface area contributed by atoms with E-state index in [0.29, 0.717) is 0 Å². The van der Waals surface area contributed by atoms with Crippen molar-refractivity contribution in [3.8, 4) is 0 Å². The Hall–Kier alpha value is -0.870. The lowest BCUT2D eigenvalue weighted by atomic mass is 9.85. The van der Waals surface area contributed by atoms with E-state index in [2.05, 4.69) is 5.32 Å². The maximum Gasteiger partial charge on any atom is 0.149 e. The van der Waals surface area contributed by atoms with E-state index in [1.165, 1.54) is 25.5 Å². The van der Waals surface area contributed by atoms with E-state index >= 15 is 0 Å². The van der Waals surface area contributed by atoms with Gasteiger partial charge in [0.2, 0.25) is 0 Å². The second kappa shape index (κ2) is 5.85. The summed E-state index contributed by atoms with van der Waals surface area (Å²) in [5.74, 6) is 0.903. The summed E-state index contributed by atoms with van der Waals surface area (Å²) in [4.78, 5) is 0. The molecule has 1 aliphatic carbocycles. The molecule has 0 aliphatic heterocycles. The molecule has 1 aliphatic rings. The fraction of sp³-hybridized carbons (Fsp3) is 0.571. The van der Waals surface area contributed by atoms with E-state index in [4.69, 9.17) is 0 Å². The SMILES string of the molecule is CS(=O)(=O)C[C@H](NCC1CCC1)c1ccccc1. The summed E-state index contributed by atoms with van der Waals surface area (Å²) < 4.78 is 23.0. The van der Waals surface area contributed by atoms with Crippen LogP contribution in [-0.2, 0) is 9.84 Å². The lowest BCUT2D eigenvalue weighted by molar-refractivity contribution is 0.292. The quantitative estimate of drug-likeness (QED) is 0.859. The van der Waals surface area contributed by atoms with Gasteiger partial charge < -0.3 is 5.32 Å². The van der Waals surface area contributed by atoms with Crippen molar-refractivity contribution in [3.63, 3.8) is 0 Å². The summed E-state index contributed by atoms with van der Waals surface area (Å²) >= 11 is 0. The largest absolute Gasteiger partial charge is 0.309 e. The fourth-order valence-corrected chi connectivity index (χ4v) is 3.18. The summed E-state index contributed by atoms with van der Waals surface area (Å²) in [6, 6.07) is 9.76. The van der Waals surface area contributed by atoms with Crippen LogP contribution in [0, 0.1) is 5.92 Å². The molecule has 0 aromatic heterocycles. The van der Waals surface area contributed by atoms with E-state index in [0.717, 1.165) is 18.0 Å². The molecular formula is C14H21NO2S. The van der Waals surface area contributed by atoms with Gasteiger partial charge in [-0.2, -0.15) is 0 Å². The highest BCUT2D eigenvalue weighted by Crippen LogP contribution is 2.26. The van der Waals surface area contributed by atoms with Crippen molar-refractivity contribution in [3.05, 3.63) is 35.9 Å². The Kier molecular flexibility index (Phi) is 4.40. The van der Waals surface area contributed by atoms with E-state index in [9.17, 15) is 8.42 Å². The Morgan fingerprint density at radius 3 is 2.44 bits per heavy atom. The van der Waals surface area contributed by atoms with Crippen LogP contribution in [0.3, 0.4) is 0 Å². The van der Waals surface area contributed by atoms with Crippen molar-refractivity contribution >= 4 is 9.84 Å². The van der Waals surface area contributed by atoms with Gasteiger partial charge in [0, 0.05) is 12.3 Å². The number of benzene rings is 1. The minimum Gasteiger partial charge on any atom is -0.309 e. The van der Waals surface area contributed by atoms with Gasteiger partial charge in [-0.1, -0.05) is 36.8 Å². The van der Waals surface area contributed by atoms with Crippen LogP contribution in [0.2, 0.25) is 0 Å². The zero-order valence-corrected chi connectivity index (χ0v) is 11.6. The van der Waals surface area contributed by atoms with Crippen LogP contribution in [0.25, 0.3) is 0 Å². The normalized spacial score (nSPS) is 18.3. The number of sulfone groups is 1. The van der Waals surface area contributed by atoms with Crippen molar-refractivity contribution in [1.82, 2.24) is 5.32 Å². The first-order valence-electron chi connectivity index (χ1n) is 6.50. The zero-order chi connectivity index (χ0) is 13.0. The topological polar surface area (TPSA) is 46.2 Å². The molecule has 1 fully saturated rings. The molecule has 1 saturated carbocycles. The first kappa shape index (κ1) is 13.6. The minimum atomic E-state index is -2.97. The number of hydrogen-bond donors (Lipinski definition) is 1. The van der Waals surface area contributed by atoms with Gasteiger partial charge in [0.05, 0.1) is 5.75 Å². The summed E-state index contributed by atoms with van der Waals surface area (Å²) in [6.07, 6.45) is 5.16. The zero-order valence-electron chi connectivity index (χ0n) is 10.8. The lowest BCUT2D eigenvalue weighted by Gasteiger charge is -2.28. The Labute approximate surface area is 110 Å². The Morgan fingerprint density at radius 2 is 1.94 bits per heavy atom. The molecule has 1 atom stereocenters. The molecular weight excluding hydrogens is 246 g/mol. The molecule has 4 heteroatoms. The third-order valence-corrected chi connectivity index (χ3v) is 4.49. The predicted molar refractivity (Wildman–Crippen MR) is 74.2 cm³/mol. The van der Waals surface area contributed by atoms with Gasteiger partial charge in [-0.05, 0) is 30.9 Å². The number of rotatable bonds is 6. The van der Waals surface area contributed by atoms with E-state index in [1.54, 1.807) is 0 Å². The summed E-state index contributed by atoms with van der Waals surface area (Å²) in [5.41, 5.74) is 1.06. The van der Waals surface area contributed by atoms with Crippen molar-refractivity contribution in [1.29, 1.82) is 0 Å². The molecule has 0 spiro atoms. The molecule has 0 heterocycles. The Balaban J connectivity index is 2.02. The molecule has 2 rings (SSSR count). The third kappa shape index (κ3) is 4.10. The molecule has 100 valence electrons. The molecule has 18 heavy (non-hydrogen) atoms. The summed E-state index contributed by atoms with van der Waals surface area (Å²) in [6.45, 7) is 0.926. The van der Waals surface area contributed by atoms with Crippen LogP contribution >= 0.6 is 0 Å². The van der Waals surface area contributed by atoms with Gasteiger partial charge in [0.25, 0.3) is 0 Å². The van der Waals surface area contributed by atoms with Gasteiger partial charge in [0.1, 0.15) is 9.84 Å². The first-order chi connectivity index (χ1) is 8.54. The molecule has 0 unspecified atom stereocenters. The van der Waals surface area contributed by atoms with Gasteiger partial charge in [-0.3, -0.25) is 0 Å². The maximum absolute atomic E-state index is 11.5. The second-order valence-electron chi connectivity index (χ2n) is 5.26. The molecule has 0 saturated heterocycles. The number of nitrogens with one attached hydrogen (secondary N) is 1. The van der Waals surface area contributed by atoms with Crippen LogP contribution < -0.4 is 5.32 Å². The van der Waals surface area contributed by atoms with Crippen LogP contribution in [0.5, 0.6) is 0 Å². The maximum atomic E-state index is 11.5. The average Bonchev–Trinajstić information content (AvgIpc) is 2.25. The monoisotopic (exact) mass is 267 g/mol. The second-order valence-corrected chi connectivity index (χ2v) is 7.45. The summed E-state index contributed by atoms with van der Waals surface area (Å²) in [5, 5.41) is 3.42. The van der Waals surface area contributed by atoms with Gasteiger partial charge >= 0.3 is 0 Å². The number of hydrogen-bond acceptors (Lipinski definition) is 3. The highest BCUT2D eigenvalue weighted by molar-refractivity contribution is 7.90. The molecule has 0 bridgehead atoms. The fourth-order valence-electron chi connectivity index (χ4n) is 2.27. The van der Waals surface area contributed by atoms with Gasteiger partial charge in [-0.25, -0.2) is 8.42 Å². The molecule has 0 amide bonds. The van der Waals surface area contributed by atoms with E-state index in [1.807, 2.05) is 30.3 Å². The highest BCUT2D eigenvalue weighted by atomic mass is 32.2. The molecule has 3 nitrogen and oxygen atoms in total. The van der Waals surface area contributed by atoms with Crippen molar-refractivity contribution in [2.45, 2.75) is 25.3 Å². The van der Waals surface area contributed by atoms with E-state index in [-0.39, 0.29) is 11.8 Å². The van der Waals surface area contributed by atoms with Crippen LogP contribution in [0.4, 0.5) is 0 Å². The third-order valence-electron chi connectivity index (χ3n) is 3.55. The Morgan fingerprint density at radius 1 is 1.28 bits per heavy atom. The molecule has 1 aromatic carbocycles. The van der Waals surface area contributed by atoms with Gasteiger partial charge in [0.15, 0.2) is 0 Å². The van der Waals surface area contributed by atoms with Crippen molar-refractivity contribution in [2.75, 3.05) is 18.6 Å². The van der Waals surface area contributed by atoms with Crippen molar-refractivity contribution in [2.24, 2.45) is 5.92 Å². The molecule has 1 aromatic rings. The molecule has 0 radical (unpaired) electrons. The standard InChI is InChI=1S/C14H21NO2S/c1-18(16,17)11-14(13-8-3-2-4-9-13)15-10-12-6-5-7-12/h2-4,8-9,12,14-15H,5-7,10-11H2,1H3/t14-/m0/s1. The lowest BCUT2D eigenvalue weighted by Crippen LogP contribution is -2.34. The van der Waals surface area contributed by atoms with Crippen LogP contribution in [0.15, 0.2) is 30.3 Å². The van der Waals surface area contributed by atoms with E-state index < -0.39 is 9.84 Å². The average molecular weight is 267 g/mol. The summed E-state index contributed by atoms with van der Waals surface area (Å²) in [7, 11) is -2.97. The highest BCUT2D eigenvalue weighted by Gasteiger charge is 2.21. The van der Waals surface area contributed by atoms with Crippen LogP contribution in [0.1, 0.15) is 30.9 Å².